The molecule has 0 unspecified atom stereocenters. The van der Waals surface area contributed by atoms with Gasteiger partial charge >= 0.3 is 0 Å². The molecule has 0 aliphatic heterocycles. The Bertz CT molecular complexity index is 269. The lowest BCUT2D eigenvalue weighted by molar-refractivity contribution is -0.111. The summed E-state index contributed by atoms with van der Waals surface area (Å²) in [6.45, 7) is 2.28. The fraction of sp³-hybridized carbons (Fsp3) is 0.955. The van der Waals surface area contributed by atoms with E-state index in [0.29, 0.717) is 5.12 Å². The van der Waals surface area contributed by atoms with E-state index in [9.17, 15) is 4.79 Å². The van der Waals surface area contributed by atoms with Crippen LogP contribution in [0.2, 0.25) is 0 Å². The summed E-state index contributed by atoms with van der Waals surface area (Å²) >= 11 is 5.78. The number of hydrogen-bond donors (Lipinski definition) is 1. The van der Waals surface area contributed by atoms with Crippen LogP contribution in [0.4, 0.5) is 0 Å². The quantitative estimate of drug-likeness (QED) is 0.167. The molecule has 0 aliphatic rings. The van der Waals surface area contributed by atoms with Gasteiger partial charge in [-0.3, -0.25) is 4.79 Å². The third kappa shape index (κ3) is 22.3. The van der Waals surface area contributed by atoms with Crippen molar-refractivity contribution in [3.63, 3.8) is 0 Å². The summed E-state index contributed by atoms with van der Waals surface area (Å²) in [5.74, 6) is 2.01. The van der Waals surface area contributed by atoms with Crippen molar-refractivity contribution in [2.75, 3.05) is 11.5 Å². The van der Waals surface area contributed by atoms with Crippen LogP contribution in [0.3, 0.4) is 0 Å². The highest BCUT2D eigenvalue weighted by Crippen LogP contribution is 2.15. The highest BCUT2D eigenvalue weighted by atomic mass is 32.2. The van der Waals surface area contributed by atoms with Gasteiger partial charge in [-0.15, -0.1) is 0 Å². The van der Waals surface area contributed by atoms with E-state index in [-0.39, 0.29) is 0 Å². The zero-order valence-corrected chi connectivity index (χ0v) is 18.6. The highest BCUT2D eigenvalue weighted by Gasteiger charge is 2.02. The molecular formula is C22H44OS2. The fourth-order valence-electron chi connectivity index (χ4n) is 3.11. The molecule has 0 rings (SSSR count). The van der Waals surface area contributed by atoms with Gasteiger partial charge in [0.1, 0.15) is 0 Å². The van der Waals surface area contributed by atoms with Crippen molar-refractivity contribution in [1.82, 2.24) is 0 Å². The predicted molar refractivity (Wildman–Crippen MR) is 120 cm³/mol. The van der Waals surface area contributed by atoms with Crippen molar-refractivity contribution in [2.45, 2.75) is 122 Å². The maximum Gasteiger partial charge on any atom is 0.188 e. The van der Waals surface area contributed by atoms with E-state index >= 15 is 0 Å². The normalized spacial score (nSPS) is 11.1. The smallest absolute Gasteiger partial charge is 0.188 e. The molecule has 0 atom stereocenters. The van der Waals surface area contributed by atoms with Gasteiger partial charge in [-0.25, -0.2) is 0 Å². The Labute approximate surface area is 168 Å². The molecular weight excluding hydrogens is 344 g/mol. The Morgan fingerprint density at radius 1 is 0.640 bits per heavy atom. The van der Waals surface area contributed by atoms with Gasteiger partial charge in [-0.2, -0.15) is 12.6 Å². The van der Waals surface area contributed by atoms with Gasteiger partial charge in [0.05, 0.1) is 0 Å². The van der Waals surface area contributed by atoms with Crippen molar-refractivity contribution in [3.05, 3.63) is 0 Å². The largest absolute Gasteiger partial charge is 0.287 e. The molecule has 0 aromatic rings. The van der Waals surface area contributed by atoms with Crippen molar-refractivity contribution >= 4 is 29.5 Å². The second kappa shape index (κ2) is 22.4. The van der Waals surface area contributed by atoms with Gasteiger partial charge in [0.25, 0.3) is 0 Å². The fourth-order valence-corrected chi connectivity index (χ4v) is 4.20. The molecule has 0 aromatic heterocycles. The first-order valence-corrected chi connectivity index (χ1v) is 12.7. The maximum atomic E-state index is 11.8. The third-order valence-electron chi connectivity index (χ3n) is 4.80. The predicted octanol–water partition coefficient (Wildman–Crippen LogP) is 8.22. The van der Waals surface area contributed by atoms with Crippen molar-refractivity contribution in [1.29, 1.82) is 0 Å². The van der Waals surface area contributed by atoms with Gasteiger partial charge in [-0.1, -0.05) is 109 Å². The molecule has 25 heavy (non-hydrogen) atoms. The lowest BCUT2D eigenvalue weighted by Crippen LogP contribution is -1.94. The second-order valence-electron chi connectivity index (χ2n) is 7.35. The molecule has 0 amide bonds. The van der Waals surface area contributed by atoms with E-state index in [0.717, 1.165) is 24.3 Å². The first kappa shape index (κ1) is 25.4. The molecule has 0 N–H and O–H groups in total. The summed E-state index contributed by atoms with van der Waals surface area (Å²) in [6, 6.07) is 0. The van der Waals surface area contributed by atoms with Crippen molar-refractivity contribution in [3.8, 4) is 0 Å². The summed E-state index contributed by atoms with van der Waals surface area (Å²) in [4.78, 5) is 11.8. The number of thiol groups is 1. The maximum absolute atomic E-state index is 11.8. The van der Waals surface area contributed by atoms with Gasteiger partial charge in [0.2, 0.25) is 0 Å². The molecule has 0 aromatic carbocycles. The first-order chi connectivity index (χ1) is 12.3. The highest BCUT2D eigenvalue weighted by molar-refractivity contribution is 8.13. The first-order valence-electron chi connectivity index (χ1n) is 11.1. The van der Waals surface area contributed by atoms with Crippen LogP contribution in [0.15, 0.2) is 0 Å². The summed E-state index contributed by atoms with van der Waals surface area (Å²) in [6.07, 6.45) is 23.5. The third-order valence-corrected chi connectivity index (χ3v) is 6.14. The molecule has 0 heterocycles. The zero-order chi connectivity index (χ0) is 18.4. The number of carbonyl (C=O) groups is 1. The van der Waals surface area contributed by atoms with Gasteiger partial charge in [0.15, 0.2) is 5.12 Å². The second-order valence-corrected chi connectivity index (χ2v) is 8.95. The number of rotatable bonds is 20. The standard InChI is InChI=1S/C22H44OS2/c1-2-3-4-5-6-7-8-9-10-11-12-13-16-19-22(23)25-21-18-15-14-17-20-24/h24H,2-21H2,1H3. The number of hydrogen-bond acceptors (Lipinski definition) is 3. The SMILES string of the molecule is CCCCCCCCCCCCCCCC(=O)SCCCCCCS. The van der Waals surface area contributed by atoms with E-state index in [2.05, 4.69) is 19.6 Å². The van der Waals surface area contributed by atoms with Crippen molar-refractivity contribution < 1.29 is 4.79 Å². The molecule has 0 fully saturated rings. The summed E-state index contributed by atoms with van der Waals surface area (Å²) in [7, 11) is 0. The lowest BCUT2D eigenvalue weighted by atomic mass is 10.0. The molecule has 0 spiro atoms. The van der Waals surface area contributed by atoms with Gasteiger partial charge < -0.3 is 0 Å². The number of thioether (sulfide) groups is 1. The summed E-state index contributed by atoms with van der Waals surface area (Å²) in [5.41, 5.74) is 0. The molecule has 0 radical (unpaired) electrons. The Kier molecular flexibility index (Phi) is 22.7. The van der Waals surface area contributed by atoms with E-state index < -0.39 is 0 Å². The monoisotopic (exact) mass is 388 g/mol. The van der Waals surface area contributed by atoms with Crippen molar-refractivity contribution in [2.24, 2.45) is 0 Å². The average molecular weight is 389 g/mol. The van der Waals surface area contributed by atoms with Crippen LogP contribution >= 0.6 is 24.4 Å². The Morgan fingerprint density at radius 2 is 1.08 bits per heavy atom. The summed E-state index contributed by atoms with van der Waals surface area (Å²) in [5, 5.41) is 0.414. The van der Waals surface area contributed by atoms with Crippen LogP contribution in [0, 0.1) is 0 Å². The minimum atomic E-state index is 0.414. The molecule has 0 bridgehead atoms. The van der Waals surface area contributed by atoms with Crippen LogP contribution in [0.1, 0.15) is 122 Å². The van der Waals surface area contributed by atoms with Crippen LogP contribution < -0.4 is 0 Å². The van der Waals surface area contributed by atoms with Crippen LogP contribution in [-0.4, -0.2) is 16.6 Å². The Balaban J connectivity index is 3.11. The van der Waals surface area contributed by atoms with E-state index in [1.165, 1.54) is 103 Å². The zero-order valence-electron chi connectivity index (χ0n) is 16.9. The molecule has 0 saturated carbocycles. The van der Waals surface area contributed by atoms with E-state index in [1.807, 2.05) is 0 Å². The molecule has 1 nitrogen and oxygen atoms in total. The van der Waals surface area contributed by atoms with Crippen LogP contribution in [0.5, 0.6) is 0 Å². The molecule has 0 saturated heterocycles. The molecule has 3 heteroatoms. The minimum absolute atomic E-state index is 0.414. The van der Waals surface area contributed by atoms with Crippen LogP contribution in [0.25, 0.3) is 0 Å². The Hall–Kier alpha value is 0.370. The van der Waals surface area contributed by atoms with Gasteiger partial charge in [-0.05, 0) is 25.0 Å². The minimum Gasteiger partial charge on any atom is -0.287 e. The molecule has 150 valence electrons. The lowest BCUT2D eigenvalue weighted by Gasteiger charge is -2.03. The molecule has 0 aliphatic carbocycles. The Morgan fingerprint density at radius 3 is 1.60 bits per heavy atom. The average Bonchev–Trinajstić information content (AvgIpc) is 2.62. The van der Waals surface area contributed by atoms with E-state index in [1.54, 1.807) is 11.8 Å². The van der Waals surface area contributed by atoms with Gasteiger partial charge in [0, 0.05) is 12.2 Å². The number of carbonyl (C=O) groups excluding carboxylic acids is 1. The topological polar surface area (TPSA) is 17.1 Å². The number of unbranched alkanes of at least 4 members (excludes halogenated alkanes) is 15. The van der Waals surface area contributed by atoms with E-state index in [4.69, 9.17) is 0 Å². The summed E-state index contributed by atoms with van der Waals surface area (Å²) < 4.78 is 0. The van der Waals surface area contributed by atoms with Crippen LogP contribution in [-0.2, 0) is 4.79 Å².